The number of anilines is 1. The first kappa shape index (κ1) is 20.3. The minimum Gasteiger partial charge on any atom is -0.465 e. The molecule has 0 bridgehead atoms. The minimum atomic E-state index is -0.298. The highest BCUT2D eigenvalue weighted by Gasteiger charge is 2.23. The quantitative estimate of drug-likeness (QED) is 0.610. The van der Waals surface area contributed by atoms with Gasteiger partial charge in [-0.05, 0) is 31.2 Å². The van der Waals surface area contributed by atoms with E-state index in [0.29, 0.717) is 5.56 Å². The zero-order chi connectivity index (χ0) is 20.6. The molecule has 0 aromatic heterocycles. The molecule has 0 aliphatic carbocycles. The van der Waals surface area contributed by atoms with Gasteiger partial charge in [-0.1, -0.05) is 60.2 Å². The molecule has 0 unspecified atom stereocenters. The highest BCUT2D eigenvalue weighted by atomic mass is 16.5. The Morgan fingerprint density at radius 3 is 2.28 bits per heavy atom. The molecule has 3 rings (SSSR count). The van der Waals surface area contributed by atoms with Crippen molar-refractivity contribution in [3.05, 3.63) is 101 Å². The first-order valence-corrected chi connectivity index (χ1v) is 9.50. The van der Waals surface area contributed by atoms with Gasteiger partial charge in [0.2, 0.25) is 0 Å². The second-order valence-electron chi connectivity index (χ2n) is 6.82. The molecule has 0 aliphatic heterocycles. The summed E-state index contributed by atoms with van der Waals surface area (Å²) in [6, 6.07) is 24.8. The van der Waals surface area contributed by atoms with Crippen molar-refractivity contribution >= 4 is 17.6 Å². The molecule has 0 spiro atoms. The second-order valence-corrected chi connectivity index (χ2v) is 6.82. The van der Waals surface area contributed by atoms with Gasteiger partial charge in [0.25, 0.3) is 5.91 Å². The van der Waals surface area contributed by atoms with E-state index in [1.54, 1.807) is 12.1 Å². The van der Waals surface area contributed by atoms with E-state index in [2.05, 4.69) is 5.32 Å². The summed E-state index contributed by atoms with van der Waals surface area (Å²) < 4.78 is 4.81. The molecule has 1 amide bonds. The van der Waals surface area contributed by atoms with E-state index in [-0.39, 0.29) is 24.5 Å². The summed E-state index contributed by atoms with van der Waals surface area (Å²) >= 11 is 0. The Morgan fingerprint density at radius 2 is 1.62 bits per heavy atom. The van der Waals surface area contributed by atoms with Crippen LogP contribution < -0.4 is 10.6 Å². The number of benzene rings is 3. The topological polar surface area (TPSA) is 72.0 Å². The monoisotopic (exact) mass is 389 g/mol. The Labute approximate surface area is 170 Å². The number of rotatable bonds is 7. The molecular weight excluding hydrogens is 364 g/mol. The van der Waals surface area contributed by atoms with E-state index in [9.17, 15) is 9.59 Å². The Balaban J connectivity index is 1.97. The third-order valence-electron chi connectivity index (χ3n) is 4.73. The summed E-state index contributed by atoms with van der Waals surface area (Å²) in [5.41, 5.74) is 4.36. The predicted octanol–water partition coefficient (Wildman–Crippen LogP) is 3.07. The lowest BCUT2D eigenvalue weighted by Crippen LogP contribution is -2.87. The third-order valence-corrected chi connectivity index (χ3v) is 4.73. The molecule has 0 saturated heterocycles. The molecule has 0 fully saturated rings. The fourth-order valence-electron chi connectivity index (χ4n) is 3.24. The van der Waals surface area contributed by atoms with Gasteiger partial charge in [0.15, 0.2) is 6.54 Å². The van der Waals surface area contributed by atoms with Gasteiger partial charge in [0, 0.05) is 16.7 Å². The highest BCUT2D eigenvalue weighted by Crippen LogP contribution is 2.27. The number of esters is 1. The summed E-state index contributed by atoms with van der Waals surface area (Å²) in [7, 11) is 1.38. The highest BCUT2D eigenvalue weighted by molar-refractivity contribution is 6.04. The van der Waals surface area contributed by atoms with Crippen LogP contribution in [0.5, 0.6) is 0 Å². The van der Waals surface area contributed by atoms with Crippen LogP contribution in [0.4, 0.5) is 5.69 Å². The van der Waals surface area contributed by atoms with E-state index in [4.69, 9.17) is 4.74 Å². The van der Waals surface area contributed by atoms with E-state index < -0.39 is 0 Å². The fraction of sp³-hybridized carbons (Fsp3) is 0.167. The number of quaternary nitrogens is 1. The van der Waals surface area contributed by atoms with E-state index in [0.717, 1.165) is 22.4 Å². The van der Waals surface area contributed by atoms with Crippen LogP contribution >= 0.6 is 0 Å². The van der Waals surface area contributed by atoms with Gasteiger partial charge in [-0.3, -0.25) is 4.79 Å². The Morgan fingerprint density at radius 1 is 0.966 bits per heavy atom. The maximum atomic E-state index is 12.7. The van der Waals surface area contributed by atoms with Crippen LogP contribution in [-0.2, 0) is 9.53 Å². The lowest BCUT2D eigenvalue weighted by atomic mass is 9.95. The number of nitrogens with one attached hydrogen (secondary N) is 1. The van der Waals surface area contributed by atoms with Crippen molar-refractivity contribution in [1.29, 1.82) is 0 Å². The molecule has 0 radical (unpaired) electrons. The average molecular weight is 389 g/mol. The van der Waals surface area contributed by atoms with Crippen LogP contribution in [0.2, 0.25) is 0 Å². The van der Waals surface area contributed by atoms with Gasteiger partial charge >= 0.3 is 5.97 Å². The van der Waals surface area contributed by atoms with Gasteiger partial charge in [0.05, 0.1) is 12.8 Å². The van der Waals surface area contributed by atoms with Crippen molar-refractivity contribution in [3.63, 3.8) is 0 Å². The molecule has 3 N–H and O–H groups in total. The first-order chi connectivity index (χ1) is 14.1. The largest absolute Gasteiger partial charge is 0.465 e. The van der Waals surface area contributed by atoms with Gasteiger partial charge in [-0.2, -0.15) is 0 Å². The van der Waals surface area contributed by atoms with Gasteiger partial charge < -0.3 is 15.4 Å². The first-order valence-electron chi connectivity index (χ1n) is 9.50. The molecule has 3 aromatic carbocycles. The zero-order valence-electron chi connectivity index (χ0n) is 16.6. The summed E-state index contributed by atoms with van der Waals surface area (Å²) in [5.74, 6) is -0.469. The number of amides is 1. The number of ether oxygens (including phenoxy) is 1. The SMILES string of the molecule is COC(=O)C[NH2+][C@H](c1ccccc1)c1cc(C)ccc1NC(=O)c1ccccc1. The number of nitrogens with two attached hydrogens (primary N) is 1. The predicted molar refractivity (Wildman–Crippen MR) is 113 cm³/mol. The number of hydrogen-bond acceptors (Lipinski definition) is 3. The molecule has 3 aromatic rings. The van der Waals surface area contributed by atoms with E-state index in [1.807, 2.05) is 79.0 Å². The van der Waals surface area contributed by atoms with Crippen LogP contribution in [0.25, 0.3) is 0 Å². The Bertz CT molecular complexity index is 972. The van der Waals surface area contributed by atoms with E-state index in [1.165, 1.54) is 7.11 Å². The summed E-state index contributed by atoms with van der Waals surface area (Å²) in [6.07, 6.45) is 0. The maximum absolute atomic E-state index is 12.7. The van der Waals surface area contributed by atoms with Gasteiger partial charge in [0.1, 0.15) is 6.04 Å². The van der Waals surface area contributed by atoms with Crippen LogP contribution in [0.1, 0.15) is 33.1 Å². The zero-order valence-corrected chi connectivity index (χ0v) is 16.6. The van der Waals surface area contributed by atoms with Crippen LogP contribution in [-0.4, -0.2) is 25.5 Å². The number of carbonyl (C=O) groups is 2. The number of hydrogen-bond donors (Lipinski definition) is 2. The number of carbonyl (C=O) groups excluding carboxylic acids is 2. The number of methoxy groups -OCH3 is 1. The molecule has 29 heavy (non-hydrogen) atoms. The molecule has 5 nitrogen and oxygen atoms in total. The summed E-state index contributed by atoms with van der Waals surface area (Å²) in [5, 5.41) is 4.96. The van der Waals surface area contributed by atoms with Crippen molar-refractivity contribution in [3.8, 4) is 0 Å². The summed E-state index contributed by atoms with van der Waals surface area (Å²) in [4.78, 5) is 24.5. The van der Waals surface area contributed by atoms with E-state index >= 15 is 0 Å². The normalized spacial score (nSPS) is 11.5. The Hall–Kier alpha value is -3.44. The molecule has 0 heterocycles. The average Bonchev–Trinajstić information content (AvgIpc) is 2.76. The molecule has 1 atom stereocenters. The molecule has 5 heteroatoms. The number of aryl methyl sites for hydroxylation is 1. The van der Waals surface area contributed by atoms with Crippen LogP contribution in [0.15, 0.2) is 78.9 Å². The lowest BCUT2D eigenvalue weighted by molar-refractivity contribution is -0.677. The van der Waals surface area contributed by atoms with Crippen molar-refractivity contribution in [1.82, 2.24) is 0 Å². The van der Waals surface area contributed by atoms with Crippen LogP contribution in [0.3, 0.4) is 0 Å². The molecular formula is C24H25N2O3+. The smallest absolute Gasteiger partial charge is 0.361 e. The lowest BCUT2D eigenvalue weighted by Gasteiger charge is -2.20. The maximum Gasteiger partial charge on any atom is 0.361 e. The van der Waals surface area contributed by atoms with Crippen LogP contribution in [0, 0.1) is 6.92 Å². The van der Waals surface area contributed by atoms with Crippen molar-refractivity contribution in [2.24, 2.45) is 0 Å². The summed E-state index contributed by atoms with van der Waals surface area (Å²) in [6.45, 7) is 2.19. The molecule has 0 saturated carbocycles. The van der Waals surface area contributed by atoms with Gasteiger partial charge in [-0.15, -0.1) is 0 Å². The van der Waals surface area contributed by atoms with Crippen molar-refractivity contribution < 1.29 is 19.6 Å². The Kier molecular flexibility index (Phi) is 6.76. The van der Waals surface area contributed by atoms with Crippen molar-refractivity contribution in [2.75, 3.05) is 19.0 Å². The molecule has 0 aliphatic rings. The fourth-order valence-corrected chi connectivity index (χ4v) is 3.24. The van der Waals surface area contributed by atoms with Crippen molar-refractivity contribution in [2.45, 2.75) is 13.0 Å². The second kappa shape index (κ2) is 9.66. The minimum absolute atomic E-state index is 0.165. The molecule has 148 valence electrons. The third kappa shape index (κ3) is 5.30. The standard InChI is InChI=1S/C24H24N2O3/c1-17-13-14-21(26-24(28)19-11-7-4-8-12-19)20(15-17)23(25-16-22(27)29-2)18-9-5-3-6-10-18/h3-15,23,25H,16H2,1-2H3,(H,26,28)/p+1/t23-/m1/s1. The van der Waals surface area contributed by atoms with Gasteiger partial charge in [-0.25, -0.2) is 4.79 Å².